The van der Waals surface area contributed by atoms with Crippen LogP contribution in [-0.4, -0.2) is 34.5 Å². The zero-order valence-corrected chi connectivity index (χ0v) is 12.3. The lowest BCUT2D eigenvalue weighted by atomic mass is 9.94. The summed E-state index contributed by atoms with van der Waals surface area (Å²) in [5.74, 6) is -1.35. The summed E-state index contributed by atoms with van der Waals surface area (Å²) in [5.41, 5.74) is 0.301. The maximum absolute atomic E-state index is 12.2. The van der Waals surface area contributed by atoms with Crippen molar-refractivity contribution in [2.45, 2.75) is 37.0 Å². The molecule has 0 saturated heterocycles. The number of rotatable bonds is 4. The molecular weight excluding hydrogens is 274 g/mol. The van der Waals surface area contributed by atoms with Crippen LogP contribution in [0.15, 0.2) is 24.3 Å². The Morgan fingerprint density at radius 1 is 1.15 bits per heavy atom. The molecule has 5 heteroatoms. The van der Waals surface area contributed by atoms with Crippen LogP contribution in [0.3, 0.4) is 0 Å². The molecule has 0 radical (unpaired) electrons. The number of benzene rings is 1. The first kappa shape index (κ1) is 14.9. The second kappa shape index (κ2) is 6.79. The lowest BCUT2D eigenvalue weighted by Crippen LogP contribution is -2.38. The average Bonchev–Trinajstić information content (AvgIpc) is 2.48. The van der Waals surface area contributed by atoms with E-state index in [1.807, 2.05) is 11.8 Å². The van der Waals surface area contributed by atoms with E-state index < -0.39 is 5.97 Å². The molecule has 0 spiro atoms. The molecule has 2 N–H and O–H groups in total. The monoisotopic (exact) mass is 293 g/mol. The van der Waals surface area contributed by atoms with Gasteiger partial charge < -0.3 is 10.4 Å². The van der Waals surface area contributed by atoms with Crippen molar-refractivity contribution in [1.82, 2.24) is 5.32 Å². The van der Waals surface area contributed by atoms with Crippen molar-refractivity contribution >= 4 is 23.6 Å². The second-order valence-electron chi connectivity index (χ2n) is 5.03. The van der Waals surface area contributed by atoms with Crippen molar-refractivity contribution < 1.29 is 14.7 Å². The van der Waals surface area contributed by atoms with Gasteiger partial charge in [0.1, 0.15) is 0 Å². The zero-order valence-electron chi connectivity index (χ0n) is 11.5. The molecule has 1 aromatic rings. The molecule has 1 amide bonds. The SMILES string of the molecule is CSC1CCC(NC(=O)c2ccccc2C(=O)O)CC1. The Morgan fingerprint density at radius 2 is 1.75 bits per heavy atom. The molecule has 1 aliphatic carbocycles. The third-order valence-electron chi connectivity index (χ3n) is 3.74. The van der Waals surface area contributed by atoms with E-state index in [2.05, 4.69) is 11.6 Å². The van der Waals surface area contributed by atoms with Crippen LogP contribution in [0.25, 0.3) is 0 Å². The van der Waals surface area contributed by atoms with Crippen molar-refractivity contribution in [1.29, 1.82) is 0 Å². The summed E-state index contributed by atoms with van der Waals surface area (Å²) in [7, 11) is 0. The number of amides is 1. The Hall–Kier alpha value is -1.49. The second-order valence-corrected chi connectivity index (χ2v) is 6.17. The van der Waals surface area contributed by atoms with E-state index in [1.165, 1.54) is 6.07 Å². The maximum atomic E-state index is 12.2. The lowest BCUT2D eigenvalue weighted by Gasteiger charge is -2.28. The predicted molar refractivity (Wildman–Crippen MR) is 80.4 cm³/mol. The van der Waals surface area contributed by atoms with Gasteiger partial charge in [0, 0.05) is 11.3 Å². The van der Waals surface area contributed by atoms with Crippen LogP contribution < -0.4 is 5.32 Å². The number of carboxylic acids is 1. The van der Waals surface area contributed by atoms with Gasteiger partial charge in [-0.05, 0) is 44.1 Å². The van der Waals surface area contributed by atoms with Gasteiger partial charge in [0.2, 0.25) is 0 Å². The molecule has 1 aliphatic rings. The highest BCUT2D eigenvalue weighted by Gasteiger charge is 2.23. The zero-order chi connectivity index (χ0) is 14.5. The number of thioether (sulfide) groups is 1. The Kier molecular flexibility index (Phi) is 5.06. The van der Waals surface area contributed by atoms with Gasteiger partial charge in [-0.3, -0.25) is 4.79 Å². The first-order valence-electron chi connectivity index (χ1n) is 6.77. The Balaban J connectivity index is 2.01. The lowest BCUT2D eigenvalue weighted by molar-refractivity contribution is 0.0690. The maximum Gasteiger partial charge on any atom is 0.336 e. The van der Waals surface area contributed by atoms with Crippen LogP contribution in [-0.2, 0) is 0 Å². The number of nitrogens with one attached hydrogen (secondary N) is 1. The fourth-order valence-electron chi connectivity index (χ4n) is 2.57. The number of carboxylic acid groups (broad SMARTS) is 1. The molecule has 1 saturated carbocycles. The molecule has 0 unspecified atom stereocenters. The number of hydrogen-bond acceptors (Lipinski definition) is 3. The van der Waals surface area contributed by atoms with Crippen LogP contribution in [0.1, 0.15) is 46.4 Å². The minimum absolute atomic E-state index is 0.0581. The van der Waals surface area contributed by atoms with Crippen molar-refractivity contribution in [2.75, 3.05) is 6.26 Å². The first-order chi connectivity index (χ1) is 9.61. The number of aromatic carboxylic acids is 1. The van der Waals surface area contributed by atoms with Crippen molar-refractivity contribution in [3.05, 3.63) is 35.4 Å². The van der Waals surface area contributed by atoms with Gasteiger partial charge >= 0.3 is 5.97 Å². The summed E-state index contributed by atoms with van der Waals surface area (Å²) in [6.07, 6.45) is 6.25. The first-order valence-corrected chi connectivity index (χ1v) is 8.06. The topological polar surface area (TPSA) is 66.4 Å². The van der Waals surface area contributed by atoms with Crippen LogP contribution in [0.2, 0.25) is 0 Å². The molecule has 0 aromatic heterocycles. The molecule has 4 nitrogen and oxygen atoms in total. The normalized spacial score (nSPS) is 22.2. The van der Waals surface area contributed by atoms with E-state index in [1.54, 1.807) is 18.2 Å². The minimum atomic E-state index is -1.07. The number of carbonyl (C=O) groups excluding carboxylic acids is 1. The molecule has 20 heavy (non-hydrogen) atoms. The predicted octanol–water partition coefficient (Wildman–Crippen LogP) is 2.79. The highest BCUT2D eigenvalue weighted by atomic mass is 32.2. The molecule has 1 fully saturated rings. The van der Waals surface area contributed by atoms with Crippen LogP contribution >= 0.6 is 11.8 Å². The van der Waals surface area contributed by atoms with Crippen LogP contribution in [0, 0.1) is 0 Å². The van der Waals surface area contributed by atoms with Crippen molar-refractivity contribution in [3.8, 4) is 0 Å². The van der Waals surface area contributed by atoms with Crippen LogP contribution in [0.5, 0.6) is 0 Å². The number of hydrogen-bond donors (Lipinski definition) is 2. The highest BCUT2D eigenvalue weighted by molar-refractivity contribution is 7.99. The summed E-state index contributed by atoms with van der Waals surface area (Å²) in [5, 5.41) is 12.8. The molecule has 0 atom stereocenters. The third kappa shape index (κ3) is 3.54. The highest BCUT2D eigenvalue weighted by Crippen LogP contribution is 2.27. The van der Waals surface area contributed by atoms with E-state index in [0.29, 0.717) is 5.25 Å². The van der Waals surface area contributed by atoms with Crippen LogP contribution in [0.4, 0.5) is 0 Å². The Labute approximate surface area is 123 Å². The largest absolute Gasteiger partial charge is 0.478 e. The summed E-state index contributed by atoms with van der Waals surface area (Å²) in [4.78, 5) is 23.3. The Bertz CT molecular complexity index is 496. The van der Waals surface area contributed by atoms with E-state index in [4.69, 9.17) is 5.11 Å². The van der Waals surface area contributed by atoms with Gasteiger partial charge in [-0.15, -0.1) is 0 Å². The number of carbonyl (C=O) groups is 2. The average molecular weight is 293 g/mol. The van der Waals surface area contributed by atoms with Gasteiger partial charge in [0.15, 0.2) is 0 Å². The van der Waals surface area contributed by atoms with E-state index in [0.717, 1.165) is 25.7 Å². The fourth-order valence-corrected chi connectivity index (χ4v) is 3.32. The Morgan fingerprint density at radius 3 is 2.30 bits per heavy atom. The standard InChI is InChI=1S/C15H19NO3S/c1-20-11-8-6-10(7-9-11)16-14(17)12-4-2-3-5-13(12)15(18)19/h2-5,10-11H,6-9H2,1H3,(H,16,17)(H,18,19). The van der Waals surface area contributed by atoms with Gasteiger partial charge in [-0.25, -0.2) is 4.79 Å². The summed E-state index contributed by atoms with van der Waals surface area (Å²) < 4.78 is 0. The molecule has 2 rings (SSSR count). The van der Waals surface area contributed by atoms with E-state index >= 15 is 0 Å². The van der Waals surface area contributed by atoms with Crippen molar-refractivity contribution in [2.24, 2.45) is 0 Å². The third-order valence-corrected chi connectivity index (χ3v) is 4.88. The molecule has 108 valence electrons. The van der Waals surface area contributed by atoms with Gasteiger partial charge in [0.25, 0.3) is 5.91 Å². The quantitative estimate of drug-likeness (QED) is 0.896. The van der Waals surface area contributed by atoms with Gasteiger partial charge in [-0.1, -0.05) is 12.1 Å². The summed E-state index contributed by atoms with van der Waals surface area (Å²) in [6.45, 7) is 0. The fraction of sp³-hybridized carbons (Fsp3) is 0.467. The molecule has 1 aromatic carbocycles. The summed E-state index contributed by atoms with van der Waals surface area (Å²) >= 11 is 1.88. The molecule has 0 aliphatic heterocycles. The van der Waals surface area contributed by atoms with Gasteiger partial charge in [0.05, 0.1) is 11.1 Å². The molecule has 0 bridgehead atoms. The van der Waals surface area contributed by atoms with E-state index in [-0.39, 0.29) is 23.1 Å². The van der Waals surface area contributed by atoms with Crippen molar-refractivity contribution in [3.63, 3.8) is 0 Å². The molecule has 0 heterocycles. The molecular formula is C15H19NO3S. The minimum Gasteiger partial charge on any atom is -0.478 e. The van der Waals surface area contributed by atoms with Gasteiger partial charge in [-0.2, -0.15) is 11.8 Å². The summed E-state index contributed by atoms with van der Waals surface area (Å²) in [6, 6.07) is 6.50. The van der Waals surface area contributed by atoms with E-state index in [9.17, 15) is 9.59 Å². The smallest absolute Gasteiger partial charge is 0.336 e.